The van der Waals surface area contributed by atoms with Crippen LogP contribution in [0.25, 0.3) is 54.6 Å². The highest BCUT2D eigenvalue weighted by molar-refractivity contribution is 6.16. The third-order valence-electron chi connectivity index (χ3n) is 10.2. The molecular weight excluding hydrogens is 645 g/mol. The van der Waals surface area contributed by atoms with Crippen LogP contribution in [0.2, 0.25) is 0 Å². The van der Waals surface area contributed by atoms with E-state index in [1.807, 2.05) is 12.1 Å². The van der Waals surface area contributed by atoms with Crippen LogP contribution in [0.3, 0.4) is 0 Å². The number of furan rings is 1. The smallest absolute Gasteiger partial charge is 0.135 e. The fourth-order valence-corrected chi connectivity index (χ4v) is 7.79. The summed E-state index contributed by atoms with van der Waals surface area (Å²) < 4.78 is 6.28. The van der Waals surface area contributed by atoms with E-state index in [9.17, 15) is 0 Å². The Bertz CT molecular complexity index is 2860. The SMILES string of the molecule is c1ccc(-c2ccccc2N(c2ccc3oc4ccccc4c3c2)c2ccc3c(N(c4ccccc4)c4ccccc4)cc4ccccc4c3c2)cc1. The Morgan fingerprint density at radius 2 is 0.849 bits per heavy atom. The van der Waals surface area contributed by atoms with E-state index in [4.69, 9.17) is 4.42 Å². The number of hydrogen-bond acceptors (Lipinski definition) is 3. The summed E-state index contributed by atoms with van der Waals surface area (Å²) in [5.74, 6) is 0. The molecule has 0 fully saturated rings. The van der Waals surface area contributed by atoms with E-state index in [0.717, 1.165) is 67.2 Å². The molecule has 0 spiro atoms. The third kappa shape index (κ3) is 5.38. The topological polar surface area (TPSA) is 19.6 Å². The van der Waals surface area contributed by atoms with E-state index in [-0.39, 0.29) is 0 Å². The maximum Gasteiger partial charge on any atom is 0.135 e. The number of hydrogen-bond donors (Lipinski definition) is 0. The fraction of sp³-hybridized carbons (Fsp3) is 0. The number of benzene rings is 9. The molecule has 0 saturated carbocycles. The predicted molar refractivity (Wildman–Crippen MR) is 224 cm³/mol. The van der Waals surface area contributed by atoms with Crippen molar-refractivity contribution in [3.8, 4) is 11.1 Å². The van der Waals surface area contributed by atoms with Crippen LogP contribution in [0.4, 0.5) is 34.1 Å². The van der Waals surface area contributed by atoms with E-state index >= 15 is 0 Å². The highest BCUT2D eigenvalue weighted by atomic mass is 16.3. The molecule has 1 heterocycles. The van der Waals surface area contributed by atoms with E-state index in [1.54, 1.807) is 0 Å². The summed E-state index contributed by atoms with van der Waals surface area (Å²) in [6.07, 6.45) is 0. The van der Waals surface area contributed by atoms with Gasteiger partial charge in [-0.25, -0.2) is 0 Å². The average molecular weight is 679 g/mol. The molecule has 0 atom stereocenters. The van der Waals surface area contributed by atoms with Crippen molar-refractivity contribution in [1.29, 1.82) is 0 Å². The second kappa shape index (κ2) is 12.9. The molecule has 0 N–H and O–H groups in total. The van der Waals surface area contributed by atoms with Crippen molar-refractivity contribution in [1.82, 2.24) is 0 Å². The minimum absolute atomic E-state index is 0.877. The molecule has 0 saturated heterocycles. The van der Waals surface area contributed by atoms with Crippen molar-refractivity contribution in [3.63, 3.8) is 0 Å². The van der Waals surface area contributed by atoms with Gasteiger partial charge in [0.1, 0.15) is 11.2 Å². The molecular formula is C50H34N2O. The molecule has 0 bridgehead atoms. The predicted octanol–water partition coefficient (Wildman–Crippen LogP) is 14.5. The Morgan fingerprint density at radius 1 is 0.302 bits per heavy atom. The van der Waals surface area contributed by atoms with Gasteiger partial charge >= 0.3 is 0 Å². The molecule has 0 unspecified atom stereocenters. The van der Waals surface area contributed by atoms with Crippen molar-refractivity contribution in [2.24, 2.45) is 0 Å². The Kier molecular flexibility index (Phi) is 7.47. The first kappa shape index (κ1) is 30.7. The van der Waals surface area contributed by atoms with E-state index in [0.29, 0.717) is 0 Å². The molecule has 250 valence electrons. The van der Waals surface area contributed by atoms with Gasteiger partial charge in [0.05, 0.1) is 11.4 Å². The lowest BCUT2D eigenvalue weighted by Gasteiger charge is -2.30. The second-order valence-electron chi connectivity index (χ2n) is 13.4. The van der Waals surface area contributed by atoms with Gasteiger partial charge in [0.2, 0.25) is 0 Å². The molecule has 3 heteroatoms. The zero-order valence-electron chi connectivity index (χ0n) is 28.9. The molecule has 10 rings (SSSR count). The summed E-state index contributed by atoms with van der Waals surface area (Å²) in [6, 6.07) is 73.5. The zero-order chi connectivity index (χ0) is 35.1. The van der Waals surface area contributed by atoms with Crippen molar-refractivity contribution in [3.05, 3.63) is 206 Å². The lowest BCUT2D eigenvalue weighted by Crippen LogP contribution is -2.12. The average Bonchev–Trinajstić information content (AvgIpc) is 3.60. The summed E-state index contributed by atoms with van der Waals surface area (Å²) in [7, 11) is 0. The summed E-state index contributed by atoms with van der Waals surface area (Å²) in [6.45, 7) is 0. The summed E-state index contributed by atoms with van der Waals surface area (Å²) in [5, 5.41) is 6.96. The fourth-order valence-electron chi connectivity index (χ4n) is 7.79. The van der Waals surface area contributed by atoms with Gasteiger partial charge < -0.3 is 14.2 Å². The minimum atomic E-state index is 0.877. The van der Waals surface area contributed by atoms with Gasteiger partial charge in [0.15, 0.2) is 0 Å². The maximum atomic E-state index is 6.28. The molecule has 0 amide bonds. The van der Waals surface area contributed by atoms with Crippen LogP contribution in [0.15, 0.2) is 211 Å². The number of fused-ring (bicyclic) bond motifs is 6. The molecule has 0 aliphatic heterocycles. The van der Waals surface area contributed by atoms with Crippen molar-refractivity contribution in [2.45, 2.75) is 0 Å². The largest absolute Gasteiger partial charge is 0.456 e. The van der Waals surface area contributed by atoms with Crippen LogP contribution < -0.4 is 9.80 Å². The first-order valence-corrected chi connectivity index (χ1v) is 18.0. The highest BCUT2D eigenvalue weighted by Crippen LogP contribution is 2.47. The van der Waals surface area contributed by atoms with Gasteiger partial charge in [-0.1, -0.05) is 133 Å². The van der Waals surface area contributed by atoms with Gasteiger partial charge in [-0.05, 0) is 94.5 Å². The molecule has 10 aromatic rings. The number of rotatable bonds is 7. The molecule has 1 aromatic heterocycles. The molecule has 53 heavy (non-hydrogen) atoms. The Morgan fingerprint density at radius 3 is 1.60 bits per heavy atom. The van der Waals surface area contributed by atoms with Crippen LogP contribution in [-0.4, -0.2) is 0 Å². The summed E-state index contributed by atoms with van der Waals surface area (Å²) in [5.41, 5.74) is 10.7. The minimum Gasteiger partial charge on any atom is -0.456 e. The second-order valence-corrected chi connectivity index (χ2v) is 13.4. The molecule has 0 radical (unpaired) electrons. The van der Waals surface area contributed by atoms with E-state index in [2.05, 4.69) is 204 Å². The van der Waals surface area contributed by atoms with Gasteiger partial charge in [-0.15, -0.1) is 0 Å². The number of para-hydroxylation sites is 4. The van der Waals surface area contributed by atoms with E-state index in [1.165, 1.54) is 21.5 Å². The number of anilines is 6. The normalized spacial score (nSPS) is 11.4. The van der Waals surface area contributed by atoms with Crippen LogP contribution in [0.1, 0.15) is 0 Å². The number of nitrogens with zero attached hydrogens (tertiary/aromatic N) is 2. The summed E-state index contributed by atoms with van der Waals surface area (Å²) in [4.78, 5) is 4.77. The third-order valence-corrected chi connectivity index (χ3v) is 10.2. The highest BCUT2D eigenvalue weighted by Gasteiger charge is 2.22. The lowest BCUT2D eigenvalue weighted by molar-refractivity contribution is 0.669. The first-order chi connectivity index (χ1) is 26.3. The van der Waals surface area contributed by atoms with Crippen LogP contribution in [0.5, 0.6) is 0 Å². The van der Waals surface area contributed by atoms with Gasteiger partial charge in [-0.3, -0.25) is 0 Å². The van der Waals surface area contributed by atoms with Crippen LogP contribution in [-0.2, 0) is 0 Å². The standard InChI is InChI=1S/C50H34N2O/c1-4-16-35(17-5-1)42-24-12-14-26-47(42)52(40-29-31-50-46(34-40)44-25-13-15-27-49(44)53-50)39-28-30-43-45(33-39)41-23-11-10-18-36(41)32-48(43)51(37-19-6-2-7-20-37)38-21-8-3-9-22-38/h1-34H. The quantitative estimate of drug-likeness (QED) is 0.156. The molecule has 9 aromatic carbocycles. The zero-order valence-corrected chi connectivity index (χ0v) is 28.9. The molecule has 0 aliphatic rings. The van der Waals surface area contributed by atoms with Crippen molar-refractivity contribution < 1.29 is 4.42 Å². The Balaban J connectivity index is 1.25. The van der Waals surface area contributed by atoms with Crippen molar-refractivity contribution in [2.75, 3.05) is 9.80 Å². The molecule has 3 nitrogen and oxygen atoms in total. The van der Waals surface area contributed by atoms with Crippen LogP contribution >= 0.6 is 0 Å². The monoisotopic (exact) mass is 678 g/mol. The van der Waals surface area contributed by atoms with Crippen molar-refractivity contribution >= 4 is 77.6 Å². The van der Waals surface area contributed by atoms with Gasteiger partial charge in [0.25, 0.3) is 0 Å². The Hall–Kier alpha value is -7.10. The lowest BCUT2D eigenvalue weighted by atomic mass is 9.97. The van der Waals surface area contributed by atoms with Gasteiger partial charge in [-0.2, -0.15) is 0 Å². The first-order valence-electron chi connectivity index (χ1n) is 18.0. The molecule has 0 aliphatic carbocycles. The Labute approximate surface area is 308 Å². The summed E-state index contributed by atoms with van der Waals surface area (Å²) >= 11 is 0. The van der Waals surface area contributed by atoms with E-state index < -0.39 is 0 Å². The maximum absolute atomic E-state index is 6.28. The van der Waals surface area contributed by atoms with Gasteiger partial charge in [0, 0.05) is 44.5 Å². The van der Waals surface area contributed by atoms with Crippen LogP contribution in [0, 0.1) is 0 Å².